The Balaban J connectivity index is 0.000000118. The Labute approximate surface area is 193 Å². The van der Waals surface area contributed by atoms with Gasteiger partial charge in [0.25, 0.3) is 16.7 Å². The molecule has 33 heavy (non-hydrogen) atoms. The van der Waals surface area contributed by atoms with E-state index in [0.717, 1.165) is 11.0 Å². The quantitative estimate of drug-likeness (QED) is 0.261. The van der Waals surface area contributed by atoms with Crippen molar-refractivity contribution in [1.29, 1.82) is 0 Å². The van der Waals surface area contributed by atoms with E-state index in [1.165, 1.54) is 22.7 Å². The Morgan fingerprint density at radius 2 is 1.36 bits per heavy atom. The van der Waals surface area contributed by atoms with E-state index >= 15 is 0 Å². The van der Waals surface area contributed by atoms with E-state index in [0.29, 0.717) is 38.6 Å². The first-order valence-corrected chi connectivity index (χ1v) is 11.5. The molecule has 0 saturated carbocycles. The molecular weight excluding hydrogens is 462 g/mol. The molecule has 0 unspecified atom stereocenters. The molecule has 12 heteroatoms. The summed E-state index contributed by atoms with van der Waals surface area (Å²) in [5.41, 5.74) is 2.05. The fourth-order valence-corrected chi connectivity index (χ4v) is 4.51. The normalized spacial score (nSPS) is 10.6. The molecule has 0 radical (unpaired) electrons. The van der Waals surface area contributed by atoms with E-state index in [1.54, 1.807) is 38.4 Å². The molecule has 0 aromatic carbocycles. The molecule has 168 valence electrons. The number of nitrogens with zero attached hydrogens (tertiary/aromatic N) is 3. The molecule has 0 fully saturated rings. The zero-order chi connectivity index (χ0) is 23.5. The Bertz CT molecular complexity index is 1530. The van der Waals surface area contributed by atoms with Crippen molar-refractivity contribution in [1.82, 2.24) is 34.9 Å². The number of aromatic nitrogens is 7. The number of aromatic amines is 4. The fourth-order valence-electron chi connectivity index (χ4n) is 3.04. The molecule has 0 bridgehead atoms. The highest BCUT2D eigenvalue weighted by molar-refractivity contribution is 7.17. The lowest BCUT2D eigenvalue weighted by Gasteiger charge is -1.90. The molecule has 0 atom stereocenters. The van der Waals surface area contributed by atoms with Crippen molar-refractivity contribution in [2.24, 2.45) is 0 Å². The van der Waals surface area contributed by atoms with Crippen LogP contribution in [-0.4, -0.2) is 34.9 Å². The molecule has 6 aromatic heterocycles. The molecule has 0 spiro atoms. The monoisotopic (exact) mass is 481 g/mol. The lowest BCUT2D eigenvalue weighted by molar-refractivity contribution is 1.05. The summed E-state index contributed by atoms with van der Waals surface area (Å²) in [6.45, 7) is 5.30. The number of aryl methyl sites for hydroxylation is 3. The van der Waals surface area contributed by atoms with E-state index in [4.69, 9.17) is 0 Å². The zero-order valence-corrected chi connectivity index (χ0v) is 19.5. The van der Waals surface area contributed by atoms with Gasteiger partial charge in [-0.2, -0.15) is 0 Å². The minimum absolute atomic E-state index is 0.0394. The lowest BCUT2D eigenvalue weighted by Crippen LogP contribution is -2.08. The second-order valence-corrected chi connectivity index (χ2v) is 8.66. The molecule has 0 aliphatic rings. The van der Waals surface area contributed by atoms with Gasteiger partial charge < -0.3 is 19.9 Å². The first-order valence-electron chi connectivity index (χ1n) is 9.73. The number of thiophene rings is 2. The van der Waals surface area contributed by atoms with Gasteiger partial charge in [-0.1, -0.05) is 0 Å². The molecule has 6 rings (SSSR count). The molecule has 0 aliphatic heterocycles. The number of hydrogen-bond donors (Lipinski definition) is 4. The van der Waals surface area contributed by atoms with Crippen LogP contribution in [0.5, 0.6) is 0 Å². The van der Waals surface area contributed by atoms with Crippen molar-refractivity contribution >= 4 is 54.8 Å². The molecule has 0 saturated heterocycles. The topological polar surface area (TPSA) is 153 Å². The van der Waals surface area contributed by atoms with Gasteiger partial charge in [-0.25, -0.2) is 15.0 Å². The van der Waals surface area contributed by atoms with Gasteiger partial charge >= 0.3 is 0 Å². The van der Waals surface area contributed by atoms with Crippen LogP contribution in [0.25, 0.3) is 32.2 Å². The summed E-state index contributed by atoms with van der Waals surface area (Å²) in [5, 5.41) is 6.83. The number of nitrogens with one attached hydrogen (secondary N) is 4. The highest BCUT2D eigenvalue weighted by Crippen LogP contribution is 2.13. The van der Waals surface area contributed by atoms with E-state index in [9.17, 15) is 14.4 Å². The van der Waals surface area contributed by atoms with E-state index in [-0.39, 0.29) is 16.7 Å². The van der Waals surface area contributed by atoms with Crippen molar-refractivity contribution in [3.05, 3.63) is 83.0 Å². The van der Waals surface area contributed by atoms with Crippen molar-refractivity contribution < 1.29 is 0 Å². The van der Waals surface area contributed by atoms with Crippen LogP contribution in [-0.2, 0) is 0 Å². The van der Waals surface area contributed by atoms with Crippen LogP contribution in [0.3, 0.4) is 0 Å². The summed E-state index contributed by atoms with van der Waals surface area (Å²) in [4.78, 5) is 56.6. The van der Waals surface area contributed by atoms with Crippen LogP contribution in [0.1, 0.15) is 17.5 Å². The fraction of sp³-hybridized carbons (Fsp3) is 0.143. The van der Waals surface area contributed by atoms with Crippen molar-refractivity contribution in [3.63, 3.8) is 0 Å². The maximum Gasteiger partial charge on any atom is 0.268 e. The predicted molar refractivity (Wildman–Crippen MR) is 131 cm³/mol. The van der Waals surface area contributed by atoms with Gasteiger partial charge in [-0.05, 0) is 38.3 Å². The first-order chi connectivity index (χ1) is 15.8. The Kier molecular flexibility index (Phi) is 6.29. The van der Waals surface area contributed by atoms with Gasteiger partial charge in [0.05, 0.1) is 21.8 Å². The van der Waals surface area contributed by atoms with Crippen LogP contribution in [0.2, 0.25) is 0 Å². The highest BCUT2D eigenvalue weighted by Gasteiger charge is 2.01. The third kappa shape index (κ3) is 4.96. The van der Waals surface area contributed by atoms with Gasteiger partial charge in [-0.15, -0.1) is 22.7 Å². The summed E-state index contributed by atoms with van der Waals surface area (Å²) in [5.74, 6) is 1.96. The Morgan fingerprint density at radius 1 is 0.727 bits per heavy atom. The minimum atomic E-state index is -0.0891. The number of rotatable bonds is 0. The molecule has 6 aromatic rings. The van der Waals surface area contributed by atoms with Crippen molar-refractivity contribution in [2.75, 3.05) is 0 Å². The smallest absolute Gasteiger partial charge is 0.268 e. The van der Waals surface area contributed by atoms with Gasteiger partial charge in [0, 0.05) is 17.0 Å². The standard InChI is InChI=1S/C7H7N3O.2C7H6N2OS/c1-4-9-6-5(2-3-8-6)7(11)10-4;1-4-8-6-3-11-2-5(6)7(10)9-4;1-4-8-5-2-3-11-6(5)7(10)9-4/h2-3H,1H3,(H2,8,9,10,11);2*2-3H,1H3,(H,8,9,10). The predicted octanol–water partition coefficient (Wildman–Crippen LogP) is 3.15. The van der Waals surface area contributed by atoms with Crippen LogP contribution < -0.4 is 16.7 Å². The second kappa shape index (κ2) is 9.30. The summed E-state index contributed by atoms with van der Waals surface area (Å²) in [7, 11) is 0. The van der Waals surface area contributed by atoms with Crippen molar-refractivity contribution in [2.45, 2.75) is 20.8 Å². The van der Waals surface area contributed by atoms with Gasteiger partial charge in [0.2, 0.25) is 0 Å². The van der Waals surface area contributed by atoms with E-state index in [2.05, 4.69) is 34.9 Å². The molecule has 10 nitrogen and oxygen atoms in total. The SMILES string of the molecule is Cc1nc2[nH]ccc2c(=O)[nH]1.Cc1nc2ccsc2c(=O)[nH]1.Cc1nc2cscc2c(=O)[nH]1. The minimum Gasteiger partial charge on any atom is -0.346 e. The van der Waals surface area contributed by atoms with E-state index < -0.39 is 0 Å². The first kappa shape index (κ1) is 22.3. The highest BCUT2D eigenvalue weighted by atomic mass is 32.1. The van der Waals surface area contributed by atoms with Crippen LogP contribution in [0.15, 0.2) is 48.9 Å². The van der Waals surface area contributed by atoms with Gasteiger partial charge in [0.15, 0.2) is 0 Å². The summed E-state index contributed by atoms with van der Waals surface area (Å²) in [6, 6.07) is 3.56. The number of fused-ring (bicyclic) bond motifs is 3. The van der Waals surface area contributed by atoms with Gasteiger partial charge in [-0.3, -0.25) is 14.4 Å². The van der Waals surface area contributed by atoms with Crippen LogP contribution >= 0.6 is 22.7 Å². The second-order valence-electron chi connectivity index (χ2n) is 7.00. The maximum absolute atomic E-state index is 11.2. The third-order valence-electron chi connectivity index (χ3n) is 4.45. The Morgan fingerprint density at radius 3 is 2.12 bits per heavy atom. The number of H-pyrrole nitrogens is 4. The molecule has 4 N–H and O–H groups in total. The van der Waals surface area contributed by atoms with Crippen LogP contribution in [0, 0.1) is 20.8 Å². The average molecular weight is 482 g/mol. The third-order valence-corrected chi connectivity index (χ3v) is 6.08. The average Bonchev–Trinajstić information content (AvgIpc) is 3.48. The molecule has 0 amide bonds. The van der Waals surface area contributed by atoms with E-state index in [1.807, 2.05) is 16.8 Å². The lowest BCUT2D eigenvalue weighted by atomic mass is 10.4. The molecular formula is C21H19N7O3S2. The Hall–Kier alpha value is -3.90. The number of hydrogen-bond acceptors (Lipinski definition) is 8. The van der Waals surface area contributed by atoms with Crippen LogP contribution in [0.4, 0.5) is 0 Å². The summed E-state index contributed by atoms with van der Waals surface area (Å²) in [6.07, 6.45) is 1.70. The largest absolute Gasteiger partial charge is 0.346 e. The zero-order valence-electron chi connectivity index (χ0n) is 17.8. The maximum atomic E-state index is 11.2. The summed E-state index contributed by atoms with van der Waals surface area (Å²) >= 11 is 2.91. The molecule has 0 aliphatic carbocycles. The summed E-state index contributed by atoms with van der Waals surface area (Å²) < 4.78 is 0.704. The molecule has 6 heterocycles. The van der Waals surface area contributed by atoms with Gasteiger partial charge in [0.1, 0.15) is 27.8 Å². The van der Waals surface area contributed by atoms with Crippen molar-refractivity contribution in [3.8, 4) is 0 Å².